The molecule has 1 aromatic rings. The summed E-state index contributed by atoms with van der Waals surface area (Å²) < 4.78 is 11.1. The smallest absolute Gasteiger partial charge is 0.322 e. The number of quaternary nitrogens is 1. The summed E-state index contributed by atoms with van der Waals surface area (Å²) in [7, 11) is 3.34. The molecular weight excluding hydrogens is 318 g/mol. The molecule has 0 aromatic heterocycles. The van der Waals surface area contributed by atoms with Crippen LogP contribution in [0.2, 0.25) is 0 Å². The number of ether oxygens (including phenoxy) is 2. The van der Waals surface area contributed by atoms with Gasteiger partial charge in [-0.3, -0.25) is 4.90 Å². The minimum atomic E-state index is -0.209. The van der Waals surface area contributed by atoms with E-state index in [9.17, 15) is 4.79 Å². The fourth-order valence-electron chi connectivity index (χ4n) is 4.54. The highest BCUT2D eigenvalue weighted by Gasteiger charge is 2.50. The largest absolute Gasteiger partial charge is 0.497 e. The van der Waals surface area contributed by atoms with Gasteiger partial charge in [0.2, 0.25) is 0 Å². The van der Waals surface area contributed by atoms with Gasteiger partial charge in [0.1, 0.15) is 11.5 Å². The van der Waals surface area contributed by atoms with E-state index in [0.717, 1.165) is 54.3 Å². The lowest BCUT2D eigenvalue weighted by molar-refractivity contribution is -0.664. The lowest BCUT2D eigenvalue weighted by Crippen LogP contribution is -2.88. The third-order valence-corrected chi connectivity index (χ3v) is 5.77. The van der Waals surface area contributed by atoms with Gasteiger partial charge in [0, 0.05) is 36.1 Å². The minimum Gasteiger partial charge on any atom is -0.497 e. The third-order valence-electron chi connectivity index (χ3n) is 5.77. The zero-order valence-corrected chi connectivity index (χ0v) is 15.1. The number of hydrogen-bond donors (Lipinski definition) is 2. The van der Waals surface area contributed by atoms with Crippen molar-refractivity contribution in [3.05, 3.63) is 35.0 Å². The van der Waals surface area contributed by atoms with Crippen LogP contribution < -0.4 is 20.1 Å². The van der Waals surface area contributed by atoms with E-state index in [4.69, 9.17) is 9.47 Å². The number of amides is 2. The lowest BCUT2D eigenvalue weighted by Gasteiger charge is -2.33. The Bertz CT molecular complexity index is 738. The number of carbonyl (C=O) groups excluding carboxylic acids is 1. The first-order valence-electron chi connectivity index (χ1n) is 8.96. The second-order valence-electron chi connectivity index (χ2n) is 7.21. The van der Waals surface area contributed by atoms with Crippen LogP contribution in [-0.4, -0.2) is 43.8 Å². The summed E-state index contributed by atoms with van der Waals surface area (Å²) in [6, 6.07) is 3.96. The van der Waals surface area contributed by atoms with Gasteiger partial charge in [0.25, 0.3) is 0 Å². The quantitative estimate of drug-likeness (QED) is 0.850. The second kappa shape index (κ2) is 5.95. The van der Waals surface area contributed by atoms with Crippen molar-refractivity contribution < 1.29 is 19.6 Å². The van der Waals surface area contributed by atoms with Crippen LogP contribution in [0, 0.1) is 0 Å². The van der Waals surface area contributed by atoms with Crippen LogP contribution in [0.25, 0.3) is 0 Å². The molecule has 0 aliphatic carbocycles. The molecule has 1 aromatic carbocycles. The first kappa shape index (κ1) is 16.3. The topological polar surface area (TPSA) is 67.4 Å². The Balaban J connectivity index is 1.82. The number of urea groups is 1. The van der Waals surface area contributed by atoms with E-state index >= 15 is 0 Å². The van der Waals surface area contributed by atoms with Crippen molar-refractivity contribution in [3.8, 4) is 11.5 Å². The number of piperidine rings is 1. The Morgan fingerprint density at radius 3 is 2.68 bits per heavy atom. The minimum absolute atomic E-state index is 0.00925. The van der Waals surface area contributed by atoms with E-state index in [-0.39, 0.29) is 17.5 Å². The fourth-order valence-corrected chi connectivity index (χ4v) is 4.54. The van der Waals surface area contributed by atoms with E-state index in [1.54, 1.807) is 14.2 Å². The molecule has 1 spiro atoms. The molecule has 3 heterocycles. The van der Waals surface area contributed by atoms with Crippen LogP contribution in [0.3, 0.4) is 0 Å². The van der Waals surface area contributed by atoms with Crippen molar-refractivity contribution in [1.82, 2.24) is 10.2 Å². The summed E-state index contributed by atoms with van der Waals surface area (Å²) in [6.45, 7) is 4.82. The molecule has 0 saturated carbocycles. The van der Waals surface area contributed by atoms with Gasteiger partial charge in [-0.15, -0.1) is 0 Å². The molecule has 1 atom stereocenters. The maximum Gasteiger partial charge on any atom is 0.322 e. The molecule has 2 fully saturated rings. The van der Waals surface area contributed by atoms with Crippen LogP contribution >= 0.6 is 0 Å². The van der Waals surface area contributed by atoms with Crippen molar-refractivity contribution in [3.63, 3.8) is 0 Å². The molecule has 134 valence electrons. The van der Waals surface area contributed by atoms with Crippen LogP contribution in [0.1, 0.15) is 36.8 Å². The van der Waals surface area contributed by atoms with E-state index in [1.165, 1.54) is 0 Å². The summed E-state index contributed by atoms with van der Waals surface area (Å²) in [5, 5.41) is 5.61. The average Bonchev–Trinajstić information content (AvgIpc) is 2.77. The number of nitrogens with zero attached hydrogens (tertiary/aromatic N) is 1. The Labute approximate surface area is 148 Å². The maximum atomic E-state index is 12.8. The highest BCUT2D eigenvalue weighted by atomic mass is 16.5. The Hall–Kier alpha value is -2.21. The number of carbonyl (C=O) groups is 1. The standard InChI is InChI=1S/C19H25N3O3/c1-12-8-16-19(4-6-20-7-5-19)21-18(23)22(16)11-13-9-14(24-2)10-15(25-3)17(12)13/h8-10,12,20H,4-7,11H2,1-3H3,(H,21,23)/p+1/t12-/m0/s1. The average molecular weight is 344 g/mol. The molecule has 4 rings (SSSR count). The lowest BCUT2D eigenvalue weighted by atomic mass is 9.84. The molecule has 3 aliphatic rings. The monoisotopic (exact) mass is 344 g/mol. The van der Waals surface area contributed by atoms with Gasteiger partial charge >= 0.3 is 6.03 Å². The molecule has 0 bridgehead atoms. The molecule has 3 N–H and O–H groups in total. The van der Waals surface area contributed by atoms with E-state index in [1.807, 2.05) is 17.0 Å². The third kappa shape index (κ3) is 2.47. The predicted molar refractivity (Wildman–Crippen MR) is 93.7 cm³/mol. The first-order chi connectivity index (χ1) is 12.1. The van der Waals surface area contributed by atoms with Gasteiger partial charge in [-0.25, -0.2) is 4.79 Å². The number of fused-ring (bicyclic) bond motifs is 3. The molecule has 0 radical (unpaired) electrons. The van der Waals surface area contributed by atoms with Crippen LogP contribution in [0.4, 0.5) is 4.79 Å². The van der Waals surface area contributed by atoms with Gasteiger partial charge in [-0.2, -0.15) is 0 Å². The molecule has 2 saturated heterocycles. The number of nitrogens with two attached hydrogens (primary N) is 1. The molecule has 6 heteroatoms. The number of nitrogens with one attached hydrogen (secondary N) is 1. The fraction of sp³-hybridized carbons (Fsp3) is 0.526. The second-order valence-corrected chi connectivity index (χ2v) is 7.21. The summed E-state index contributed by atoms with van der Waals surface area (Å²) in [4.78, 5) is 14.7. The number of rotatable bonds is 2. The van der Waals surface area contributed by atoms with Crippen molar-refractivity contribution in [2.24, 2.45) is 0 Å². The molecule has 2 amide bonds. The number of benzene rings is 1. The number of allylic oxidation sites excluding steroid dienone is 1. The summed E-state index contributed by atoms with van der Waals surface area (Å²) >= 11 is 0. The van der Waals surface area contributed by atoms with Gasteiger partial charge in [0.05, 0.1) is 39.4 Å². The summed E-state index contributed by atoms with van der Waals surface area (Å²) in [6.07, 6.45) is 4.21. The van der Waals surface area contributed by atoms with E-state index in [2.05, 4.69) is 23.6 Å². The zero-order valence-electron chi connectivity index (χ0n) is 15.1. The molecule has 25 heavy (non-hydrogen) atoms. The normalized spacial score (nSPS) is 24.1. The molecule has 0 unspecified atom stereocenters. The Morgan fingerprint density at radius 1 is 1.24 bits per heavy atom. The highest BCUT2D eigenvalue weighted by molar-refractivity contribution is 5.82. The molecular formula is C19H26N3O3+. The van der Waals surface area contributed by atoms with Gasteiger partial charge in [0.15, 0.2) is 0 Å². The van der Waals surface area contributed by atoms with Crippen molar-refractivity contribution in [2.75, 3.05) is 27.3 Å². The number of hydrogen-bond acceptors (Lipinski definition) is 3. The Kier molecular flexibility index (Phi) is 3.87. The summed E-state index contributed by atoms with van der Waals surface area (Å²) in [5.41, 5.74) is 3.16. The van der Waals surface area contributed by atoms with Crippen molar-refractivity contribution in [2.45, 2.75) is 37.8 Å². The molecule has 6 nitrogen and oxygen atoms in total. The zero-order chi connectivity index (χ0) is 17.6. The maximum absolute atomic E-state index is 12.8. The van der Waals surface area contributed by atoms with Gasteiger partial charge in [-0.1, -0.05) is 13.0 Å². The highest BCUT2D eigenvalue weighted by Crippen LogP contribution is 2.44. The van der Waals surface area contributed by atoms with Gasteiger partial charge < -0.3 is 20.1 Å². The number of methoxy groups -OCH3 is 2. The predicted octanol–water partition coefficient (Wildman–Crippen LogP) is 1.33. The Morgan fingerprint density at radius 2 is 2.00 bits per heavy atom. The SMILES string of the molecule is COc1cc2c(c(OC)c1)[C@@H](C)C=C1N(C2)C(=O)NC12CC[NH2+]CC2. The summed E-state index contributed by atoms with van der Waals surface area (Å²) in [5.74, 6) is 1.76. The van der Waals surface area contributed by atoms with Crippen LogP contribution in [0.5, 0.6) is 11.5 Å². The molecule has 3 aliphatic heterocycles. The van der Waals surface area contributed by atoms with Crippen molar-refractivity contribution >= 4 is 6.03 Å². The van der Waals surface area contributed by atoms with Crippen LogP contribution in [0.15, 0.2) is 23.9 Å². The van der Waals surface area contributed by atoms with E-state index in [0.29, 0.717) is 6.54 Å². The first-order valence-corrected chi connectivity index (χ1v) is 8.96. The van der Waals surface area contributed by atoms with E-state index < -0.39 is 0 Å². The van der Waals surface area contributed by atoms with Crippen molar-refractivity contribution in [1.29, 1.82) is 0 Å². The van der Waals surface area contributed by atoms with Crippen LogP contribution in [-0.2, 0) is 6.54 Å². The van der Waals surface area contributed by atoms with Gasteiger partial charge in [-0.05, 0) is 11.6 Å².